The third-order valence-electron chi connectivity index (χ3n) is 3.22. The summed E-state index contributed by atoms with van der Waals surface area (Å²) in [6.07, 6.45) is 0. The maximum absolute atomic E-state index is 11.7. The number of rotatable bonds is 3. The van der Waals surface area contributed by atoms with Gasteiger partial charge in [-0.3, -0.25) is 14.9 Å². The zero-order chi connectivity index (χ0) is 14.9. The molecule has 106 valence electrons. The van der Waals surface area contributed by atoms with Gasteiger partial charge < -0.3 is 14.9 Å². The van der Waals surface area contributed by atoms with Crippen LogP contribution in [0.1, 0.15) is 10.4 Å². The molecule has 0 saturated carbocycles. The standard InChI is InChI=1S/C12H13N3O5/c1-13-4-5-14(7-11(13)16)10-3-2-8(15(19)20)6-9(10)12(17)18/h2-3,6H,4-5,7H2,1H3,(H,17,18). The first-order valence-corrected chi connectivity index (χ1v) is 5.91. The molecular formula is C12H13N3O5. The van der Waals surface area contributed by atoms with Gasteiger partial charge in [0.1, 0.15) is 0 Å². The van der Waals surface area contributed by atoms with Crippen LogP contribution in [0.25, 0.3) is 0 Å². The highest BCUT2D eigenvalue weighted by atomic mass is 16.6. The molecule has 1 amide bonds. The minimum Gasteiger partial charge on any atom is -0.478 e. The van der Waals surface area contributed by atoms with Gasteiger partial charge >= 0.3 is 5.97 Å². The van der Waals surface area contributed by atoms with Crippen LogP contribution in [0, 0.1) is 10.1 Å². The van der Waals surface area contributed by atoms with Crippen molar-refractivity contribution in [2.24, 2.45) is 0 Å². The number of nitrogens with zero attached hydrogens (tertiary/aromatic N) is 3. The van der Waals surface area contributed by atoms with Crippen molar-refractivity contribution >= 4 is 23.3 Å². The third kappa shape index (κ3) is 2.53. The molecule has 1 N–H and O–H groups in total. The SMILES string of the molecule is CN1CCN(c2ccc([N+](=O)[O-])cc2C(=O)O)CC1=O. The predicted octanol–water partition coefficient (Wildman–Crippen LogP) is 0.571. The number of benzene rings is 1. The molecule has 0 aliphatic carbocycles. The van der Waals surface area contributed by atoms with Crippen molar-refractivity contribution < 1.29 is 19.6 Å². The summed E-state index contributed by atoms with van der Waals surface area (Å²) in [7, 11) is 1.67. The normalized spacial score (nSPS) is 15.3. The number of hydrogen-bond donors (Lipinski definition) is 1. The van der Waals surface area contributed by atoms with Gasteiger partial charge in [0.15, 0.2) is 0 Å². The first kappa shape index (κ1) is 13.8. The monoisotopic (exact) mass is 279 g/mol. The van der Waals surface area contributed by atoms with Gasteiger partial charge in [0.2, 0.25) is 5.91 Å². The second-order valence-corrected chi connectivity index (χ2v) is 4.50. The fraction of sp³-hybridized carbons (Fsp3) is 0.333. The number of nitro groups is 1. The molecule has 8 heteroatoms. The van der Waals surface area contributed by atoms with E-state index in [0.29, 0.717) is 18.8 Å². The largest absolute Gasteiger partial charge is 0.478 e. The number of carboxylic acid groups (broad SMARTS) is 1. The molecule has 2 rings (SSSR count). The van der Waals surface area contributed by atoms with Crippen molar-refractivity contribution in [2.45, 2.75) is 0 Å². The molecule has 1 aliphatic rings. The number of non-ortho nitro benzene ring substituents is 1. The first-order chi connectivity index (χ1) is 9.40. The maximum Gasteiger partial charge on any atom is 0.338 e. The van der Waals surface area contributed by atoms with Crippen LogP contribution in [0.15, 0.2) is 18.2 Å². The quantitative estimate of drug-likeness (QED) is 0.640. The van der Waals surface area contributed by atoms with E-state index < -0.39 is 10.9 Å². The van der Waals surface area contributed by atoms with Crippen molar-refractivity contribution in [3.8, 4) is 0 Å². The van der Waals surface area contributed by atoms with Crippen LogP contribution in [-0.2, 0) is 4.79 Å². The number of anilines is 1. The maximum atomic E-state index is 11.7. The molecule has 1 fully saturated rings. The number of carbonyl (C=O) groups is 2. The zero-order valence-electron chi connectivity index (χ0n) is 10.8. The lowest BCUT2D eigenvalue weighted by Crippen LogP contribution is -2.49. The van der Waals surface area contributed by atoms with Gasteiger partial charge in [0.05, 0.1) is 22.7 Å². The molecule has 0 aromatic heterocycles. The van der Waals surface area contributed by atoms with E-state index in [1.165, 1.54) is 12.1 Å². The van der Waals surface area contributed by atoms with E-state index in [-0.39, 0.29) is 23.7 Å². The molecular weight excluding hydrogens is 266 g/mol. The van der Waals surface area contributed by atoms with E-state index in [1.807, 2.05) is 0 Å². The van der Waals surface area contributed by atoms with E-state index in [0.717, 1.165) is 6.07 Å². The summed E-state index contributed by atoms with van der Waals surface area (Å²) >= 11 is 0. The van der Waals surface area contributed by atoms with E-state index >= 15 is 0 Å². The van der Waals surface area contributed by atoms with Gasteiger partial charge in [-0.2, -0.15) is 0 Å². The number of carboxylic acids is 1. The number of piperazine rings is 1. The number of nitro benzene ring substituents is 1. The van der Waals surface area contributed by atoms with Crippen molar-refractivity contribution in [3.05, 3.63) is 33.9 Å². The Morgan fingerprint density at radius 3 is 2.65 bits per heavy atom. The summed E-state index contributed by atoms with van der Waals surface area (Å²) in [6.45, 7) is 1.03. The van der Waals surface area contributed by atoms with Crippen LogP contribution < -0.4 is 4.90 Å². The summed E-state index contributed by atoms with van der Waals surface area (Å²) < 4.78 is 0. The number of likely N-dealkylation sites (N-methyl/N-ethyl adjacent to an activating group) is 1. The number of carbonyl (C=O) groups excluding carboxylic acids is 1. The van der Waals surface area contributed by atoms with Crippen molar-refractivity contribution in [1.82, 2.24) is 4.90 Å². The molecule has 1 aromatic rings. The van der Waals surface area contributed by atoms with Crippen molar-refractivity contribution in [1.29, 1.82) is 0 Å². The molecule has 20 heavy (non-hydrogen) atoms. The van der Waals surface area contributed by atoms with Gasteiger partial charge in [0.25, 0.3) is 5.69 Å². The van der Waals surface area contributed by atoms with Crippen LogP contribution in [0.3, 0.4) is 0 Å². The van der Waals surface area contributed by atoms with Crippen LogP contribution >= 0.6 is 0 Å². The molecule has 1 saturated heterocycles. The Hall–Kier alpha value is -2.64. The average Bonchev–Trinajstić information content (AvgIpc) is 2.41. The van der Waals surface area contributed by atoms with E-state index in [2.05, 4.69) is 0 Å². The Morgan fingerprint density at radius 2 is 2.10 bits per heavy atom. The van der Waals surface area contributed by atoms with Crippen LogP contribution in [-0.4, -0.2) is 53.5 Å². The highest BCUT2D eigenvalue weighted by Gasteiger charge is 2.25. The second kappa shape index (κ2) is 5.16. The van der Waals surface area contributed by atoms with Crippen LogP contribution in [0.2, 0.25) is 0 Å². The summed E-state index contributed by atoms with van der Waals surface area (Å²) in [4.78, 5) is 36.1. The van der Waals surface area contributed by atoms with Crippen molar-refractivity contribution in [2.75, 3.05) is 31.6 Å². The number of amides is 1. The second-order valence-electron chi connectivity index (χ2n) is 4.50. The lowest BCUT2D eigenvalue weighted by Gasteiger charge is -2.34. The van der Waals surface area contributed by atoms with Crippen LogP contribution in [0.4, 0.5) is 11.4 Å². The van der Waals surface area contributed by atoms with Gasteiger partial charge in [-0.25, -0.2) is 4.79 Å². The van der Waals surface area contributed by atoms with Crippen LogP contribution in [0.5, 0.6) is 0 Å². The van der Waals surface area contributed by atoms with Gasteiger partial charge in [-0.05, 0) is 6.07 Å². The summed E-state index contributed by atoms with van der Waals surface area (Å²) in [5.74, 6) is -1.37. The fourth-order valence-corrected chi connectivity index (χ4v) is 2.05. The Kier molecular flexibility index (Phi) is 3.55. The molecule has 0 atom stereocenters. The molecule has 8 nitrogen and oxygen atoms in total. The van der Waals surface area contributed by atoms with E-state index in [9.17, 15) is 24.8 Å². The summed E-state index contributed by atoms with van der Waals surface area (Å²) in [6, 6.07) is 3.63. The van der Waals surface area contributed by atoms with Gasteiger partial charge in [-0.15, -0.1) is 0 Å². The highest BCUT2D eigenvalue weighted by molar-refractivity contribution is 5.96. The minimum atomic E-state index is -1.25. The molecule has 0 radical (unpaired) electrons. The average molecular weight is 279 g/mol. The summed E-state index contributed by atoms with van der Waals surface area (Å²) in [5.41, 5.74) is -0.132. The van der Waals surface area contributed by atoms with Gasteiger partial charge in [-0.1, -0.05) is 0 Å². The smallest absolute Gasteiger partial charge is 0.338 e. The molecule has 1 heterocycles. The topological polar surface area (TPSA) is 104 Å². The van der Waals surface area contributed by atoms with Gasteiger partial charge in [0, 0.05) is 32.3 Å². The third-order valence-corrected chi connectivity index (χ3v) is 3.22. The molecule has 0 unspecified atom stereocenters. The Balaban J connectivity index is 2.38. The fourth-order valence-electron chi connectivity index (χ4n) is 2.05. The van der Waals surface area contributed by atoms with Crippen molar-refractivity contribution in [3.63, 3.8) is 0 Å². The molecule has 0 spiro atoms. The summed E-state index contributed by atoms with van der Waals surface area (Å²) in [5, 5.41) is 19.9. The minimum absolute atomic E-state index is 0.0641. The molecule has 0 bridgehead atoms. The Labute approximate surface area is 114 Å². The first-order valence-electron chi connectivity index (χ1n) is 5.91. The zero-order valence-corrected chi connectivity index (χ0v) is 10.8. The molecule has 1 aliphatic heterocycles. The predicted molar refractivity (Wildman–Crippen MR) is 69.9 cm³/mol. The highest BCUT2D eigenvalue weighted by Crippen LogP contribution is 2.26. The Morgan fingerprint density at radius 1 is 1.40 bits per heavy atom. The number of aromatic carboxylic acids is 1. The lowest BCUT2D eigenvalue weighted by atomic mass is 10.1. The number of hydrogen-bond acceptors (Lipinski definition) is 5. The lowest BCUT2D eigenvalue weighted by molar-refractivity contribution is -0.384. The van der Waals surface area contributed by atoms with E-state index in [1.54, 1.807) is 16.8 Å². The Bertz CT molecular complexity index is 586. The van der Waals surface area contributed by atoms with E-state index in [4.69, 9.17) is 0 Å². The molecule has 1 aromatic carbocycles.